The van der Waals surface area contributed by atoms with Crippen molar-refractivity contribution in [1.82, 2.24) is 0 Å². The molecule has 0 heterocycles. The molecule has 0 aliphatic heterocycles. The molecule has 166 valence electrons. The third-order valence-electron chi connectivity index (χ3n) is 6.98. The topological polar surface area (TPSA) is 33.0 Å². The Balaban J connectivity index is 1.68. The molecule has 2 aromatic carbocycles. The number of rotatable bonds is 9. The largest absolute Gasteiger partial charge is 0.493 e. The number of methoxy groups -OCH3 is 1. The summed E-state index contributed by atoms with van der Waals surface area (Å²) in [6, 6.07) is 12.0. The molecule has 3 rings (SSSR count). The van der Waals surface area contributed by atoms with Crippen molar-refractivity contribution in [1.29, 1.82) is 5.26 Å². The van der Waals surface area contributed by atoms with Crippen molar-refractivity contribution in [2.24, 2.45) is 5.92 Å². The summed E-state index contributed by atoms with van der Waals surface area (Å²) >= 11 is 0. The van der Waals surface area contributed by atoms with Crippen molar-refractivity contribution in [3.8, 4) is 22.9 Å². The van der Waals surface area contributed by atoms with Gasteiger partial charge in [-0.15, -0.1) is 0 Å². The van der Waals surface area contributed by atoms with Crippen LogP contribution in [0.2, 0.25) is 0 Å². The Hall–Kier alpha value is -2.34. The van der Waals surface area contributed by atoms with Crippen LogP contribution >= 0.6 is 0 Å². The quantitative estimate of drug-likeness (QED) is 0.381. The van der Waals surface area contributed by atoms with Crippen LogP contribution in [0.15, 0.2) is 30.3 Å². The van der Waals surface area contributed by atoms with Crippen molar-refractivity contribution < 1.29 is 9.13 Å². The zero-order chi connectivity index (χ0) is 22.2. The highest BCUT2D eigenvalue weighted by Gasteiger charge is 2.23. The fourth-order valence-electron chi connectivity index (χ4n) is 5.03. The average molecular weight is 422 g/mol. The predicted molar refractivity (Wildman–Crippen MR) is 126 cm³/mol. The van der Waals surface area contributed by atoms with E-state index in [1.54, 1.807) is 13.0 Å². The predicted octanol–water partition coefficient (Wildman–Crippen LogP) is 8.32. The van der Waals surface area contributed by atoms with Gasteiger partial charge in [-0.05, 0) is 61.6 Å². The van der Waals surface area contributed by atoms with Gasteiger partial charge in [0.1, 0.15) is 0 Å². The molecular weight excluding hydrogens is 385 g/mol. The number of nitriles is 1. The normalized spacial score (nSPS) is 18.5. The second-order valence-corrected chi connectivity index (χ2v) is 9.11. The van der Waals surface area contributed by atoms with Gasteiger partial charge in [0.15, 0.2) is 11.6 Å². The molecule has 2 aromatic rings. The van der Waals surface area contributed by atoms with E-state index < -0.39 is 0 Å². The number of unbranched alkanes of at least 4 members (excludes halogenated alkanes) is 4. The van der Waals surface area contributed by atoms with Gasteiger partial charge in [0.05, 0.1) is 18.7 Å². The van der Waals surface area contributed by atoms with Crippen LogP contribution in [0.1, 0.15) is 93.7 Å². The third kappa shape index (κ3) is 5.67. The maximum absolute atomic E-state index is 14.5. The van der Waals surface area contributed by atoms with Crippen molar-refractivity contribution in [2.75, 3.05) is 7.11 Å². The number of aryl methyl sites for hydroxylation is 1. The molecule has 31 heavy (non-hydrogen) atoms. The van der Waals surface area contributed by atoms with Crippen molar-refractivity contribution in [3.05, 3.63) is 52.8 Å². The number of halogens is 1. The minimum atomic E-state index is -0.360. The monoisotopic (exact) mass is 421 g/mol. The number of hydrogen-bond donors (Lipinski definition) is 0. The van der Waals surface area contributed by atoms with Crippen LogP contribution in [0.3, 0.4) is 0 Å². The maximum Gasteiger partial charge on any atom is 0.168 e. The molecule has 3 heteroatoms. The molecule has 1 fully saturated rings. The van der Waals surface area contributed by atoms with Gasteiger partial charge >= 0.3 is 0 Å². The van der Waals surface area contributed by atoms with E-state index in [2.05, 4.69) is 19.1 Å². The highest BCUT2D eigenvalue weighted by Crippen LogP contribution is 2.41. The lowest BCUT2D eigenvalue weighted by atomic mass is 9.76. The molecule has 0 amide bonds. The summed E-state index contributed by atoms with van der Waals surface area (Å²) in [4.78, 5) is 0. The molecule has 0 spiro atoms. The summed E-state index contributed by atoms with van der Waals surface area (Å²) in [7, 11) is 1.48. The molecule has 0 unspecified atom stereocenters. The van der Waals surface area contributed by atoms with E-state index in [9.17, 15) is 9.65 Å². The molecular formula is C28H36FNO. The van der Waals surface area contributed by atoms with Gasteiger partial charge in [-0.3, -0.25) is 0 Å². The fourth-order valence-corrected chi connectivity index (χ4v) is 5.03. The Labute approximate surface area is 187 Å². The summed E-state index contributed by atoms with van der Waals surface area (Å²) in [5.41, 5.74) is 3.76. The molecule has 0 aromatic heterocycles. The Morgan fingerprint density at radius 2 is 1.71 bits per heavy atom. The second kappa shape index (κ2) is 11.3. The Morgan fingerprint density at radius 1 is 1.00 bits per heavy atom. The highest BCUT2D eigenvalue weighted by atomic mass is 19.1. The van der Waals surface area contributed by atoms with Gasteiger partial charge in [-0.25, -0.2) is 4.39 Å². The Bertz CT molecular complexity index is 906. The van der Waals surface area contributed by atoms with Crippen LogP contribution in [0.5, 0.6) is 5.75 Å². The second-order valence-electron chi connectivity index (χ2n) is 9.11. The van der Waals surface area contributed by atoms with Gasteiger partial charge in [-0.2, -0.15) is 5.26 Å². The van der Waals surface area contributed by atoms with Gasteiger partial charge < -0.3 is 4.74 Å². The molecule has 0 bridgehead atoms. The maximum atomic E-state index is 14.5. The van der Waals surface area contributed by atoms with E-state index >= 15 is 0 Å². The van der Waals surface area contributed by atoms with Crippen molar-refractivity contribution in [3.63, 3.8) is 0 Å². The number of benzene rings is 2. The lowest BCUT2D eigenvalue weighted by Crippen LogP contribution is -2.13. The minimum Gasteiger partial charge on any atom is -0.493 e. The molecule has 1 saturated carbocycles. The van der Waals surface area contributed by atoms with Crippen molar-refractivity contribution in [2.45, 2.75) is 84.0 Å². The van der Waals surface area contributed by atoms with E-state index in [0.29, 0.717) is 22.6 Å². The summed E-state index contributed by atoms with van der Waals surface area (Å²) in [5.74, 6) is 1.24. The van der Waals surface area contributed by atoms with Crippen LogP contribution in [-0.4, -0.2) is 7.11 Å². The smallest absolute Gasteiger partial charge is 0.168 e. The number of ether oxygens (including phenoxy) is 1. The van der Waals surface area contributed by atoms with E-state index in [4.69, 9.17) is 4.74 Å². The van der Waals surface area contributed by atoms with Gasteiger partial charge in [0.25, 0.3) is 0 Å². The van der Waals surface area contributed by atoms with Gasteiger partial charge in [-0.1, -0.05) is 69.7 Å². The summed E-state index contributed by atoms with van der Waals surface area (Å²) in [6.07, 6.45) is 13.2. The standard InChI is InChI=1S/C28H36FNO/c1-4-5-6-7-8-9-21-11-13-22(14-12-21)23-15-17-25(24(18-23)19-30)26-16-10-20(2)27(29)28(26)31-3/h10,15-18,21-22H,4-9,11-14H2,1-3H3. The summed E-state index contributed by atoms with van der Waals surface area (Å²) in [5, 5.41) is 9.81. The van der Waals surface area contributed by atoms with Crippen molar-refractivity contribution >= 4 is 0 Å². The third-order valence-corrected chi connectivity index (χ3v) is 6.98. The van der Waals surface area contributed by atoms with Gasteiger partial charge in [0.2, 0.25) is 0 Å². The zero-order valence-electron chi connectivity index (χ0n) is 19.3. The molecule has 0 radical (unpaired) electrons. The first-order valence-corrected chi connectivity index (χ1v) is 12.0. The average Bonchev–Trinajstić information content (AvgIpc) is 2.80. The molecule has 0 saturated heterocycles. The molecule has 0 N–H and O–H groups in total. The first kappa shape index (κ1) is 23.3. The van der Waals surface area contributed by atoms with E-state index in [1.807, 2.05) is 18.2 Å². The van der Waals surface area contributed by atoms with Crippen LogP contribution in [-0.2, 0) is 0 Å². The summed E-state index contributed by atoms with van der Waals surface area (Å²) < 4.78 is 19.9. The van der Waals surface area contributed by atoms with Gasteiger partial charge in [0, 0.05) is 11.1 Å². The Kier molecular flexibility index (Phi) is 8.52. The van der Waals surface area contributed by atoms with E-state index in [0.717, 1.165) is 11.5 Å². The van der Waals surface area contributed by atoms with E-state index in [1.165, 1.54) is 76.9 Å². The lowest BCUT2D eigenvalue weighted by molar-refractivity contribution is 0.302. The first-order chi connectivity index (χ1) is 15.1. The van der Waals surface area contributed by atoms with E-state index in [-0.39, 0.29) is 11.6 Å². The number of hydrogen-bond acceptors (Lipinski definition) is 2. The first-order valence-electron chi connectivity index (χ1n) is 12.0. The zero-order valence-corrected chi connectivity index (χ0v) is 19.3. The molecule has 1 aliphatic carbocycles. The molecule has 2 nitrogen and oxygen atoms in total. The fraction of sp³-hybridized carbons (Fsp3) is 0.536. The highest BCUT2D eigenvalue weighted by molar-refractivity contribution is 5.76. The lowest BCUT2D eigenvalue weighted by Gasteiger charge is -2.29. The molecule has 1 aliphatic rings. The van der Waals surface area contributed by atoms with Crippen LogP contribution < -0.4 is 4.74 Å². The minimum absolute atomic E-state index is 0.212. The Morgan fingerprint density at radius 3 is 2.39 bits per heavy atom. The SMILES string of the molecule is CCCCCCCC1CCC(c2ccc(-c3ccc(C)c(F)c3OC)c(C#N)c2)CC1. The summed E-state index contributed by atoms with van der Waals surface area (Å²) in [6.45, 7) is 3.98. The molecule has 0 atom stereocenters. The van der Waals surface area contributed by atoms with Crippen LogP contribution in [0.25, 0.3) is 11.1 Å². The van der Waals surface area contributed by atoms with Crippen LogP contribution in [0, 0.1) is 30.0 Å². The van der Waals surface area contributed by atoms with Crippen LogP contribution in [0.4, 0.5) is 4.39 Å². The number of nitrogens with zero attached hydrogens (tertiary/aromatic N) is 1.